The summed E-state index contributed by atoms with van der Waals surface area (Å²) >= 11 is 0. The summed E-state index contributed by atoms with van der Waals surface area (Å²) in [7, 11) is 0. The van der Waals surface area contributed by atoms with Gasteiger partial charge in [0.05, 0.1) is 17.3 Å². The number of benzene rings is 1. The van der Waals surface area contributed by atoms with Crippen LogP contribution in [0.3, 0.4) is 0 Å². The van der Waals surface area contributed by atoms with Gasteiger partial charge in [-0.3, -0.25) is 4.99 Å². The normalized spacial score (nSPS) is 14.4. The van der Waals surface area contributed by atoms with Crippen molar-refractivity contribution in [3.05, 3.63) is 41.5 Å². The van der Waals surface area contributed by atoms with Crippen molar-refractivity contribution in [1.82, 2.24) is 0 Å². The Morgan fingerprint density at radius 3 is 2.60 bits per heavy atom. The first-order valence-electron chi connectivity index (χ1n) is 4.80. The van der Waals surface area contributed by atoms with Crippen LogP contribution in [0.4, 0.5) is 0 Å². The average molecular weight is 197 g/mol. The van der Waals surface area contributed by atoms with E-state index in [1.54, 1.807) is 12.1 Å². The van der Waals surface area contributed by atoms with Crippen molar-refractivity contribution in [2.45, 2.75) is 6.42 Å². The highest BCUT2D eigenvalue weighted by atomic mass is 14.8. The first-order valence-corrected chi connectivity index (χ1v) is 4.80. The van der Waals surface area contributed by atoms with Gasteiger partial charge in [0.15, 0.2) is 0 Å². The van der Waals surface area contributed by atoms with Crippen LogP contribution in [0.15, 0.2) is 35.3 Å². The number of nitrogens with zero attached hydrogens (tertiary/aromatic N) is 2. The van der Waals surface area contributed by atoms with E-state index in [0.717, 1.165) is 23.4 Å². The summed E-state index contributed by atoms with van der Waals surface area (Å²) in [5.74, 6) is 0. The first kappa shape index (κ1) is 9.63. The molecule has 3 nitrogen and oxygen atoms in total. The minimum atomic E-state index is 0.510. The predicted octanol–water partition coefficient (Wildman–Crippen LogP) is 1.70. The van der Waals surface area contributed by atoms with Crippen LogP contribution in [-0.4, -0.2) is 12.3 Å². The third kappa shape index (κ3) is 1.95. The SMILES string of the molecule is N#Cc1ccc(C2=CCC(CN)=N2)cc1. The summed E-state index contributed by atoms with van der Waals surface area (Å²) in [6.07, 6.45) is 2.90. The van der Waals surface area contributed by atoms with E-state index >= 15 is 0 Å². The van der Waals surface area contributed by atoms with Crippen LogP contribution in [0, 0.1) is 11.3 Å². The largest absolute Gasteiger partial charge is 0.325 e. The third-order valence-electron chi connectivity index (χ3n) is 2.35. The molecule has 0 radical (unpaired) electrons. The summed E-state index contributed by atoms with van der Waals surface area (Å²) in [6, 6.07) is 9.51. The van der Waals surface area contributed by atoms with Crippen LogP contribution >= 0.6 is 0 Å². The molecule has 1 heterocycles. The molecule has 0 unspecified atom stereocenters. The fourth-order valence-electron chi connectivity index (χ4n) is 1.50. The molecular formula is C12H11N3. The Morgan fingerprint density at radius 2 is 2.07 bits per heavy atom. The second kappa shape index (κ2) is 4.07. The highest BCUT2D eigenvalue weighted by Crippen LogP contribution is 2.22. The third-order valence-corrected chi connectivity index (χ3v) is 2.35. The number of rotatable bonds is 2. The average Bonchev–Trinajstić information content (AvgIpc) is 2.78. The molecule has 1 aromatic rings. The van der Waals surface area contributed by atoms with Gasteiger partial charge < -0.3 is 5.73 Å². The van der Waals surface area contributed by atoms with E-state index in [1.165, 1.54) is 0 Å². The second-order valence-electron chi connectivity index (χ2n) is 3.36. The van der Waals surface area contributed by atoms with Crippen LogP contribution in [-0.2, 0) is 0 Å². The maximum absolute atomic E-state index is 8.67. The zero-order valence-corrected chi connectivity index (χ0v) is 8.27. The standard InChI is InChI=1S/C12H11N3/c13-7-9-1-3-10(4-2-9)12-6-5-11(8-14)15-12/h1-4,6H,5,8,14H2. The number of nitriles is 1. The molecule has 0 atom stereocenters. The van der Waals surface area contributed by atoms with E-state index in [4.69, 9.17) is 11.0 Å². The Hall–Kier alpha value is -1.92. The number of hydrogen-bond donors (Lipinski definition) is 1. The quantitative estimate of drug-likeness (QED) is 0.784. The van der Waals surface area contributed by atoms with E-state index in [-0.39, 0.29) is 0 Å². The van der Waals surface area contributed by atoms with Crippen molar-refractivity contribution in [2.75, 3.05) is 6.54 Å². The lowest BCUT2D eigenvalue weighted by molar-refractivity contribution is 1.26. The second-order valence-corrected chi connectivity index (χ2v) is 3.36. The number of hydrogen-bond acceptors (Lipinski definition) is 3. The molecule has 1 aromatic carbocycles. The molecule has 1 aliphatic rings. The molecule has 0 saturated carbocycles. The molecule has 0 aliphatic carbocycles. The molecule has 0 fully saturated rings. The highest BCUT2D eigenvalue weighted by molar-refractivity contribution is 5.96. The van der Waals surface area contributed by atoms with Gasteiger partial charge in [-0.25, -0.2) is 0 Å². The molecule has 3 heteroatoms. The van der Waals surface area contributed by atoms with Crippen molar-refractivity contribution in [3.8, 4) is 6.07 Å². The Morgan fingerprint density at radius 1 is 1.33 bits per heavy atom. The van der Waals surface area contributed by atoms with Crippen molar-refractivity contribution < 1.29 is 0 Å². The molecule has 0 saturated heterocycles. The summed E-state index contributed by atoms with van der Waals surface area (Å²) in [5.41, 5.74) is 9.19. The number of allylic oxidation sites excluding steroid dienone is 1. The Labute approximate surface area is 88.6 Å². The van der Waals surface area contributed by atoms with Crippen LogP contribution in [0.5, 0.6) is 0 Å². The molecular weight excluding hydrogens is 186 g/mol. The van der Waals surface area contributed by atoms with Gasteiger partial charge in [-0.2, -0.15) is 5.26 Å². The molecule has 0 amide bonds. The van der Waals surface area contributed by atoms with E-state index < -0.39 is 0 Å². The van der Waals surface area contributed by atoms with E-state index in [1.807, 2.05) is 12.1 Å². The zero-order chi connectivity index (χ0) is 10.7. The Bertz CT molecular complexity index is 461. The van der Waals surface area contributed by atoms with Crippen molar-refractivity contribution in [3.63, 3.8) is 0 Å². The molecule has 2 N–H and O–H groups in total. The molecule has 1 aliphatic heterocycles. The lowest BCUT2D eigenvalue weighted by atomic mass is 10.1. The molecule has 0 bridgehead atoms. The van der Waals surface area contributed by atoms with E-state index in [0.29, 0.717) is 12.1 Å². The lowest BCUT2D eigenvalue weighted by Gasteiger charge is -1.98. The summed E-state index contributed by atoms with van der Waals surface area (Å²) in [5, 5.41) is 8.67. The van der Waals surface area contributed by atoms with Crippen molar-refractivity contribution in [2.24, 2.45) is 10.7 Å². The van der Waals surface area contributed by atoms with Crippen molar-refractivity contribution in [1.29, 1.82) is 5.26 Å². The lowest BCUT2D eigenvalue weighted by Crippen LogP contribution is -2.10. The highest BCUT2D eigenvalue weighted by Gasteiger charge is 2.08. The van der Waals surface area contributed by atoms with Crippen LogP contribution in [0.2, 0.25) is 0 Å². The van der Waals surface area contributed by atoms with Gasteiger partial charge in [-0.15, -0.1) is 0 Å². The maximum atomic E-state index is 8.67. The fraction of sp³-hybridized carbons (Fsp3) is 0.167. The molecule has 0 spiro atoms. The molecule has 74 valence electrons. The van der Waals surface area contributed by atoms with Gasteiger partial charge in [-0.1, -0.05) is 18.2 Å². The topological polar surface area (TPSA) is 62.2 Å². The smallest absolute Gasteiger partial charge is 0.0991 e. The maximum Gasteiger partial charge on any atom is 0.0991 e. The van der Waals surface area contributed by atoms with Crippen LogP contribution in [0.1, 0.15) is 17.5 Å². The van der Waals surface area contributed by atoms with Gasteiger partial charge in [0.2, 0.25) is 0 Å². The summed E-state index contributed by atoms with van der Waals surface area (Å²) in [4.78, 5) is 4.40. The van der Waals surface area contributed by atoms with Crippen molar-refractivity contribution >= 4 is 11.4 Å². The van der Waals surface area contributed by atoms with Crippen LogP contribution < -0.4 is 5.73 Å². The minimum absolute atomic E-state index is 0.510. The van der Waals surface area contributed by atoms with Gasteiger partial charge in [0, 0.05) is 18.7 Å². The van der Waals surface area contributed by atoms with E-state index in [2.05, 4.69) is 17.1 Å². The minimum Gasteiger partial charge on any atom is -0.325 e. The predicted molar refractivity (Wildman–Crippen MR) is 60.2 cm³/mol. The molecule has 0 aromatic heterocycles. The number of aliphatic imine (C=N–C) groups is 1. The van der Waals surface area contributed by atoms with Gasteiger partial charge in [-0.05, 0) is 17.7 Å². The fourth-order valence-corrected chi connectivity index (χ4v) is 1.50. The number of nitrogens with two attached hydrogens (primary N) is 1. The Kier molecular flexibility index (Phi) is 2.61. The van der Waals surface area contributed by atoms with Crippen LogP contribution in [0.25, 0.3) is 5.70 Å². The monoisotopic (exact) mass is 197 g/mol. The zero-order valence-electron chi connectivity index (χ0n) is 8.27. The van der Waals surface area contributed by atoms with Gasteiger partial charge in [0.25, 0.3) is 0 Å². The summed E-state index contributed by atoms with van der Waals surface area (Å²) < 4.78 is 0. The Balaban J connectivity index is 2.25. The van der Waals surface area contributed by atoms with Gasteiger partial charge >= 0.3 is 0 Å². The first-order chi connectivity index (χ1) is 7.33. The molecule has 2 rings (SSSR count). The molecule has 15 heavy (non-hydrogen) atoms. The van der Waals surface area contributed by atoms with Gasteiger partial charge in [0.1, 0.15) is 0 Å². The summed E-state index contributed by atoms with van der Waals surface area (Å²) in [6.45, 7) is 0.510. The van der Waals surface area contributed by atoms with E-state index in [9.17, 15) is 0 Å².